The number of hydrogen-bond acceptors (Lipinski definition) is 2. The second kappa shape index (κ2) is 8.45. The van der Waals surface area contributed by atoms with Gasteiger partial charge in [-0.1, -0.05) is 57.6 Å². The van der Waals surface area contributed by atoms with E-state index in [1.165, 1.54) is 64.2 Å². The lowest BCUT2D eigenvalue weighted by molar-refractivity contribution is -0.138. The highest BCUT2D eigenvalue weighted by Gasteiger charge is 2.32. The molecule has 4 rings (SSSR count). The number of fused-ring (bicyclic) bond motifs is 1. The van der Waals surface area contributed by atoms with E-state index in [0.717, 1.165) is 23.3 Å². The molecule has 2 saturated carbocycles. The summed E-state index contributed by atoms with van der Waals surface area (Å²) >= 11 is 0. The van der Waals surface area contributed by atoms with Gasteiger partial charge in [-0.05, 0) is 37.8 Å². The van der Waals surface area contributed by atoms with Crippen LogP contribution in [0.1, 0.15) is 77.0 Å². The maximum atomic E-state index is 13.6. The first-order valence-corrected chi connectivity index (χ1v) is 11.0. The first-order chi connectivity index (χ1) is 13.3. The van der Waals surface area contributed by atoms with E-state index in [1.807, 2.05) is 12.1 Å². The Labute approximate surface area is 163 Å². The minimum absolute atomic E-state index is 0.312. The van der Waals surface area contributed by atoms with E-state index < -0.39 is 0 Å². The van der Waals surface area contributed by atoms with Crippen molar-refractivity contribution < 1.29 is 4.79 Å². The number of aryl methyl sites for hydroxylation is 1. The van der Waals surface area contributed by atoms with E-state index in [0.29, 0.717) is 24.5 Å². The molecule has 0 saturated heterocycles. The molecule has 4 heteroatoms. The monoisotopic (exact) mass is 367 g/mol. The number of carbonyl (C=O) groups excluding carboxylic acids is 1. The van der Waals surface area contributed by atoms with Crippen LogP contribution in [0.5, 0.6) is 0 Å². The average molecular weight is 368 g/mol. The molecule has 146 valence electrons. The number of amides is 1. The van der Waals surface area contributed by atoms with E-state index >= 15 is 0 Å². The van der Waals surface area contributed by atoms with Gasteiger partial charge in [0, 0.05) is 18.5 Å². The summed E-state index contributed by atoms with van der Waals surface area (Å²) in [6, 6.07) is 9.13. The van der Waals surface area contributed by atoms with E-state index in [1.54, 1.807) is 0 Å². The molecule has 0 atom stereocenters. The van der Waals surface area contributed by atoms with Gasteiger partial charge >= 0.3 is 0 Å². The first-order valence-electron chi connectivity index (χ1n) is 11.0. The zero-order chi connectivity index (χ0) is 18.6. The van der Waals surface area contributed by atoms with Gasteiger partial charge in [-0.2, -0.15) is 0 Å². The van der Waals surface area contributed by atoms with Crippen molar-refractivity contribution in [2.24, 2.45) is 0 Å². The lowest BCUT2D eigenvalue weighted by Gasteiger charge is -2.42. The Kier molecular flexibility index (Phi) is 5.80. The van der Waals surface area contributed by atoms with Crippen molar-refractivity contribution in [3.63, 3.8) is 0 Å². The Morgan fingerprint density at radius 3 is 2.19 bits per heavy atom. The van der Waals surface area contributed by atoms with Crippen molar-refractivity contribution in [2.45, 2.75) is 96.2 Å². The number of imidazole rings is 1. The predicted molar refractivity (Wildman–Crippen MR) is 110 cm³/mol. The van der Waals surface area contributed by atoms with Crippen molar-refractivity contribution in [1.29, 1.82) is 0 Å². The third kappa shape index (κ3) is 3.90. The van der Waals surface area contributed by atoms with Gasteiger partial charge in [-0.25, -0.2) is 4.98 Å². The lowest BCUT2D eigenvalue weighted by atomic mass is 9.88. The fourth-order valence-electron chi connectivity index (χ4n) is 5.21. The summed E-state index contributed by atoms with van der Waals surface area (Å²) in [5.74, 6) is 1.34. The zero-order valence-corrected chi connectivity index (χ0v) is 16.7. The van der Waals surface area contributed by atoms with Crippen molar-refractivity contribution in [1.82, 2.24) is 14.5 Å². The summed E-state index contributed by atoms with van der Waals surface area (Å²) < 4.78 is 2.16. The Hall–Kier alpha value is -1.84. The average Bonchev–Trinajstić information content (AvgIpc) is 3.07. The molecular weight excluding hydrogens is 334 g/mol. The number of nitrogens with zero attached hydrogens (tertiary/aromatic N) is 3. The van der Waals surface area contributed by atoms with Crippen LogP contribution in [-0.4, -0.2) is 32.4 Å². The summed E-state index contributed by atoms with van der Waals surface area (Å²) in [7, 11) is 0. The molecule has 2 aromatic rings. The summed E-state index contributed by atoms with van der Waals surface area (Å²) in [5, 5.41) is 0. The molecular formula is C23H33N3O. The van der Waals surface area contributed by atoms with Crippen molar-refractivity contribution in [2.75, 3.05) is 0 Å². The molecule has 2 aliphatic carbocycles. The number of hydrogen-bond donors (Lipinski definition) is 0. The van der Waals surface area contributed by atoms with E-state index in [4.69, 9.17) is 4.98 Å². The second-order valence-electron chi connectivity index (χ2n) is 8.34. The van der Waals surface area contributed by atoms with Crippen LogP contribution in [0, 0.1) is 0 Å². The predicted octanol–water partition coefficient (Wildman–Crippen LogP) is 5.09. The summed E-state index contributed by atoms with van der Waals surface area (Å²) in [5.41, 5.74) is 2.10. The molecule has 0 aliphatic heterocycles. The van der Waals surface area contributed by atoms with Gasteiger partial charge in [0.1, 0.15) is 12.4 Å². The van der Waals surface area contributed by atoms with E-state index in [9.17, 15) is 4.79 Å². The molecule has 1 aromatic heterocycles. The molecule has 1 heterocycles. The van der Waals surface area contributed by atoms with Gasteiger partial charge in [0.25, 0.3) is 0 Å². The highest BCUT2D eigenvalue weighted by molar-refractivity contribution is 5.81. The highest BCUT2D eigenvalue weighted by atomic mass is 16.2. The summed E-state index contributed by atoms with van der Waals surface area (Å²) in [6.45, 7) is 2.57. The van der Waals surface area contributed by atoms with Crippen molar-refractivity contribution in [3.05, 3.63) is 30.1 Å². The van der Waals surface area contributed by atoms with Crippen molar-refractivity contribution >= 4 is 16.9 Å². The first kappa shape index (κ1) is 18.5. The second-order valence-corrected chi connectivity index (χ2v) is 8.34. The molecule has 27 heavy (non-hydrogen) atoms. The Morgan fingerprint density at radius 2 is 1.59 bits per heavy atom. The quantitative estimate of drug-likeness (QED) is 0.738. The van der Waals surface area contributed by atoms with Crippen LogP contribution in [0.15, 0.2) is 24.3 Å². The number of benzene rings is 1. The van der Waals surface area contributed by atoms with Crippen LogP contribution in [0.25, 0.3) is 11.0 Å². The normalized spacial score (nSPS) is 19.4. The largest absolute Gasteiger partial charge is 0.335 e. The highest BCUT2D eigenvalue weighted by Crippen LogP contribution is 2.31. The van der Waals surface area contributed by atoms with E-state index in [2.05, 4.69) is 28.5 Å². The standard InChI is InChI=1S/C23H33N3O/c1-2-22-24-20-15-9-10-16-21(20)25(22)17-23(27)26(18-11-5-3-6-12-18)19-13-7-4-8-14-19/h9-10,15-16,18-19H,2-8,11-14,17H2,1H3. The van der Waals surface area contributed by atoms with Gasteiger partial charge in [0.05, 0.1) is 11.0 Å². The zero-order valence-electron chi connectivity index (χ0n) is 16.7. The van der Waals surface area contributed by atoms with Crippen LogP contribution < -0.4 is 0 Å². The van der Waals surface area contributed by atoms with Gasteiger partial charge in [-0.3, -0.25) is 4.79 Å². The molecule has 4 nitrogen and oxygen atoms in total. The molecule has 0 radical (unpaired) electrons. The minimum Gasteiger partial charge on any atom is -0.335 e. The van der Waals surface area contributed by atoms with Gasteiger partial charge in [-0.15, -0.1) is 0 Å². The summed E-state index contributed by atoms with van der Waals surface area (Å²) in [4.78, 5) is 20.7. The maximum Gasteiger partial charge on any atom is 0.243 e. The third-order valence-corrected chi connectivity index (χ3v) is 6.57. The van der Waals surface area contributed by atoms with Gasteiger partial charge in [0.2, 0.25) is 5.91 Å². The number of rotatable bonds is 5. The van der Waals surface area contributed by atoms with Crippen LogP contribution in [-0.2, 0) is 17.8 Å². The van der Waals surface area contributed by atoms with Gasteiger partial charge in [0.15, 0.2) is 0 Å². The number of para-hydroxylation sites is 2. The smallest absolute Gasteiger partial charge is 0.243 e. The van der Waals surface area contributed by atoms with E-state index in [-0.39, 0.29) is 0 Å². The molecule has 0 bridgehead atoms. The fourth-order valence-corrected chi connectivity index (χ4v) is 5.21. The topological polar surface area (TPSA) is 38.1 Å². The van der Waals surface area contributed by atoms with Crippen LogP contribution in [0.4, 0.5) is 0 Å². The lowest BCUT2D eigenvalue weighted by Crippen LogP contribution is -2.50. The Morgan fingerprint density at radius 1 is 1.00 bits per heavy atom. The maximum absolute atomic E-state index is 13.6. The molecule has 0 spiro atoms. The molecule has 1 aromatic carbocycles. The SMILES string of the molecule is CCc1nc2ccccc2n1CC(=O)N(C1CCCCC1)C1CCCCC1. The molecule has 0 unspecified atom stereocenters. The van der Waals surface area contributed by atoms with Gasteiger partial charge < -0.3 is 9.47 Å². The van der Waals surface area contributed by atoms with Crippen LogP contribution >= 0.6 is 0 Å². The molecule has 0 N–H and O–H groups in total. The van der Waals surface area contributed by atoms with Crippen LogP contribution in [0.2, 0.25) is 0 Å². The molecule has 2 fully saturated rings. The third-order valence-electron chi connectivity index (χ3n) is 6.57. The Bertz CT molecular complexity index is 751. The fraction of sp³-hybridized carbons (Fsp3) is 0.652. The number of carbonyl (C=O) groups is 1. The Balaban J connectivity index is 1.61. The molecule has 2 aliphatic rings. The summed E-state index contributed by atoms with van der Waals surface area (Å²) in [6.07, 6.45) is 13.4. The minimum atomic E-state index is 0.312. The molecule has 1 amide bonds. The van der Waals surface area contributed by atoms with Crippen LogP contribution in [0.3, 0.4) is 0 Å². The van der Waals surface area contributed by atoms with Crippen molar-refractivity contribution in [3.8, 4) is 0 Å². The number of aromatic nitrogens is 2.